The number of oxazole rings is 1. The van der Waals surface area contributed by atoms with Crippen molar-refractivity contribution in [1.82, 2.24) is 14.9 Å². The zero-order chi connectivity index (χ0) is 18.1. The number of pyridine rings is 1. The van der Waals surface area contributed by atoms with Gasteiger partial charge in [-0.25, -0.2) is 4.98 Å². The van der Waals surface area contributed by atoms with E-state index in [1.54, 1.807) is 6.20 Å². The fraction of sp³-hybridized carbons (Fsp3) is 0.632. The van der Waals surface area contributed by atoms with Gasteiger partial charge in [0, 0.05) is 38.8 Å². The molecule has 3 atom stereocenters. The standard InChI is InChI=1S/C19H26N4O3/c1-13-10-23(11-14(2)25-13)17(24)9-15-5-4-8-22(12-15)19-21-18-16(26-19)6-3-7-20-18/h3,6-7,13-15H,4-5,8-12H2,1-2H3/t13-,14+,15?. The van der Waals surface area contributed by atoms with Gasteiger partial charge in [-0.2, -0.15) is 4.98 Å². The second-order valence-electron chi connectivity index (χ2n) is 7.54. The molecule has 0 saturated carbocycles. The highest BCUT2D eigenvalue weighted by atomic mass is 16.5. The molecule has 2 aromatic heterocycles. The summed E-state index contributed by atoms with van der Waals surface area (Å²) in [7, 11) is 0. The molecule has 1 amide bonds. The number of morpholine rings is 1. The Morgan fingerprint density at radius 1 is 1.27 bits per heavy atom. The van der Waals surface area contributed by atoms with Gasteiger partial charge in [0.05, 0.1) is 12.2 Å². The minimum absolute atomic E-state index is 0.109. The lowest BCUT2D eigenvalue weighted by Gasteiger charge is -2.37. The molecule has 140 valence electrons. The maximum absolute atomic E-state index is 12.7. The average molecular weight is 358 g/mol. The Kier molecular flexibility index (Phi) is 4.80. The predicted octanol–water partition coefficient (Wildman–Crippen LogP) is 2.47. The Labute approximate surface area is 153 Å². The summed E-state index contributed by atoms with van der Waals surface area (Å²) in [6.45, 7) is 7.14. The molecule has 0 bridgehead atoms. The SMILES string of the molecule is C[C@@H]1CN(C(=O)CC2CCCN(c3nc4ncccc4o3)C2)C[C@H](C)O1. The van der Waals surface area contributed by atoms with Crippen LogP contribution < -0.4 is 4.90 Å². The van der Waals surface area contributed by atoms with Gasteiger partial charge in [-0.1, -0.05) is 0 Å². The number of ether oxygens (including phenoxy) is 1. The average Bonchev–Trinajstić information content (AvgIpc) is 3.05. The third-order valence-corrected chi connectivity index (χ3v) is 5.18. The van der Waals surface area contributed by atoms with Crippen LogP contribution in [0.3, 0.4) is 0 Å². The van der Waals surface area contributed by atoms with Gasteiger partial charge >= 0.3 is 0 Å². The molecule has 2 saturated heterocycles. The number of piperidine rings is 1. The highest BCUT2D eigenvalue weighted by Crippen LogP contribution is 2.27. The number of amides is 1. The molecular weight excluding hydrogens is 332 g/mol. The van der Waals surface area contributed by atoms with Crippen molar-refractivity contribution in [2.75, 3.05) is 31.1 Å². The van der Waals surface area contributed by atoms with Crippen molar-refractivity contribution in [3.05, 3.63) is 18.3 Å². The normalized spacial score (nSPS) is 27.1. The number of anilines is 1. The molecule has 0 N–H and O–H groups in total. The van der Waals surface area contributed by atoms with Crippen LogP contribution in [0.25, 0.3) is 11.2 Å². The lowest BCUT2D eigenvalue weighted by molar-refractivity contribution is -0.144. The minimum Gasteiger partial charge on any atom is -0.422 e. The zero-order valence-corrected chi connectivity index (χ0v) is 15.4. The molecule has 0 radical (unpaired) electrons. The predicted molar refractivity (Wildman–Crippen MR) is 97.9 cm³/mol. The Morgan fingerprint density at radius 3 is 2.85 bits per heavy atom. The van der Waals surface area contributed by atoms with Crippen molar-refractivity contribution in [2.45, 2.75) is 45.3 Å². The van der Waals surface area contributed by atoms with E-state index in [1.807, 2.05) is 30.9 Å². The largest absolute Gasteiger partial charge is 0.422 e. The van der Waals surface area contributed by atoms with Gasteiger partial charge in [0.25, 0.3) is 6.01 Å². The molecule has 0 spiro atoms. The summed E-state index contributed by atoms with van der Waals surface area (Å²) in [6, 6.07) is 4.34. The quantitative estimate of drug-likeness (QED) is 0.839. The van der Waals surface area contributed by atoms with E-state index in [0.717, 1.165) is 25.9 Å². The number of aromatic nitrogens is 2. The van der Waals surface area contributed by atoms with Crippen molar-refractivity contribution in [2.24, 2.45) is 5.92 Å². The molecule has 0 aromatic carbocycles. The fourth-order valence-corrected chi connectivity index (χ4v) is 4.06. The van der Waals surface area contributed by atoms with Crippen LogP contribution in [-0.4, -0.2) is 59.2 Å². The van der Waals surface area contributed by atoms with Gasteiger partial charge in [-0.05, 0) is 44.7 Å². The van der Waals surface area contributed by atoms with Crippen molar-refractivity contribution >= 4 is 23.2 Å². The lowest BCUT2D eigenvalue weighted by Crippen LogP contribution is -2.49. The van der Waals surface area contributed by atoms with Crippen LogP contribution in [0, 0.1) is 5.92 Å². The summed E-state index contributed by atoms with van der Waals surface area (Å²) >= 11 is 0. The number of nitrogens with zero attached hydrogens (tertiary/aromatic N) is 4. The lowest BCUT2D eigenvalue weighted by atomic mass is 9.94. The first kappa shape index (κ1) is 17.3. The van der Waals surface area contributed by atoms with Crippen LogP contribution in [0.4, 0.5) is 6.01 Å². The van der Waals surface area contributed by atoms with Gasteiger partial charge < -0.3 is 19.0 Å². The van der Waals surface area contributed by atoms with Crippen LogP contribution in [0.2, 0.25) is 0 Å². The van der Waals surface area contributed by atoms with Gasteiger partial charge in [-0.3, -0.25) is 4.79 Å². The number of rotatable bonds is 3. The smallest absolute Gasteiger partial charge is 0.299 e. The van der Waals surface area contributed by atoms with Crippen LogP contribution >= 0.6 is 0 Å². The van der Waals surface area contributed by atoms with E-state index in [9.17, 15) is 4.79 Å². The van der Waals surface area contributed by atoms with Crippen LogP contribution in [0.1, 0.15) is 33.1 Å². The number of fused-ring (bicyclic) bond motifs is 1. The second-order valence-corrected chi connectivity index (χ2v) is 7.54. The summed E-state index contributed by atoms with van der Waals surface area (Å²) in [6.07, 6.45) is 4.62. The summed E-state index contributed by atoms with van der Waals surface area (Å²) < 4.78 is 11.6. The van der Waals surface area contributed by atoms with E-state index in [0.29, 0.717) is 42.7 Å². The van der Waals surface area contributed by atoms with E-state index >= 15 is 0 Å². The topological polar surface area (TPSA) is 71.7 Å². The maximum atomic E-state index is 12.7. The maximum Gasteiger partial charge on any atom is 0.299 e. The number of hydrogen-bond donors (Lipinski definition) is 0. The third-order valence-electron chi connectivity index (χ3n) is 5.18. The van der Waals surface area contributed by atoms with Crippen LogP contribution in [0.15, 0.2) is 22.7 Å². The Bertz CT molecular complexity index is 734. The Hall–Kier alpha value is -2.15. The molecule has 26 heavy (non-hydrogen) atoms. The van der Waals surface area contributed by atoms with E-state index in [4.69, 9.17) is 9.15 Å². The molecule has 2 fully saturated rings. The molecule has 0 aliphatic carbocycles. The summed E-state index contributed by atoms with van der Waals surface area (Å²) in [5.74, 6) is 0.561. The highest BCUT2D eigenvalue weighted by molar-refractivity contribution is 5.76. The van der Waals surface area contributed by atoms with Crippen molar-refractivity contribution in [3.8, 4) is 0 Å². The number of carbonyl (C=O) groups excluding carboxylic acids is 1. The monoisotopic (exact) mass is 358 g/mol. The Balaban J connectivity index is 1.39. The van der Waals surface area contributed by atoms with Crippen molar-refractivity contribution < 1.29 is 13.9 Å². The van der Waals surface area contributed by atoms with Crippen LogP contribution in [-0.2, 0) is 9.53 Å². The summed E-state index contributed by atoms with van der Waals surface area (Å²) in [4.78, 5) is 25.6. The molecule has 7 heteroatoms. The first-order valence-electron chi connectivity index (χ1n) is 9.48. The van der Waals surface area contributed by atoms with Crippen molar-refractivity contribution in [1.29, 1.82) is 0 Å². The molecular formula is C19H26N4O3. The third kappa shape index (κ3) is 3.67. The Morgan fingerprint density at radius 2 is 2.08 bits per heavy atom. The zero-order valence-electron chi connectivity index (χ0n) is 15.4. The van der Waals surface area contributed by atoms with E-state index < -0.39 is 0 Å². The molecule has 7 nitrogen and oxygen atoms in total. The second kappa shape index (κ2) is 7.23. The van der Waals surface area contributed by atoms with Gasteiger partial charge in [0.1, 0.15) is 0 Å². The highest BCUT2D eigenvalue weighted by Gasteiger charge is 2.30. The number of hydrogen-bond acceptors (Lipinski definition) is 6. The van der Waals surface area contributed by atoms with Gasteiger partial charge in [0.2, 0.25) is 11.6 Å². The number of carbonyl (C=O) groups is 1. The molecule has 1 unspecified atom stereocenters. The summed E-state index contributed by atoms with van der Waals surface area (Å²) in [5.41, 5.74) is 1.34. The molecule has 2 aliphatic heterocycles. The first-order valence-corrected chi connectivity index (χ1v) is 9.48. The van der Waals surface area contributed by atoms with E-state index in [-0.39, 0.29) is 18.1 Å². The minimum atomic E-state index is 0.109. The molecule has 4 rings (SSSR count). The summed E-state index contributed by atoms with van der Waals surface area (Å²) in [5, 5.41) is 0. The van der Waals surface area contributed by atoms with E-state index in [2.05, 4.69) is 14.9 Å². The van der Waals surface area contributed by atoms with Crippen LogP contribution in [0.5, 0.6) is 0 Å². The molecule has 2 aliphatic rings. The van der Waals surface area contributed by atoms with Gasteiger partial charge in [0.15, 0.2) is 5.58 Å². The molecule has 2 aromatic rings. The molecule has 4 heterocycles. The first-order chi connectivity index (χ1) is 12.6. The van der Waals surface area contributed by atoms with Crippen molar-refractivity contribution in [3.63, 3.8) is 0 Å². The fourth-order valence-electron chi connectivity index (χ4n) is 4.06. The van der Waals surface area contributed by atoms with Gasteiger partial charge in [-0.15, -0.1) is 0 Å². The van der Waals surface area contributed by atoms with E-state index in [1.165, 1.54) is 0 Å².